The predicted octanol–water partition coefficient (Wildman–Crippen LogP) is 0.391. The van der Waals surface area contributed by atoms with E-state index in [4.69, 9.17) is 0 Å². The van der Waals surface area contributed by atoms with E-state index >= 15 is 0 Å². The van der Waals surface area contributed by atoms with Gasteiger partial charge in [0, 0.05) is 39.9 Å². The summed E-state index contributed by atoms with van der Waals surface area (Å²) in [5, 5.41) is 1.52. The largest absolute Gasteiger partial charge is 0.291 e. The Morgan fingerprint density at radius 2 is 2.14 bits per heavy atom. The molecule has 0 aromatic carbocycles. The van der Waals surface area contributed by atoms with Crippen LogP contribution in [0.2, 0.25) is 0 Å². The summed E-state index contributed by atoms with van der Waals surface area (Å²) in [7, 11) is -0.744. The number of hydrogen-bond donors (Lipinski definition) is 0. The van der Waals surface area contributed by atoms with Crippen LogP contribution in [0.25, 0.3) is 11.0 Å². The van der Waals surface area contributed by atoms with Crippen molar-refractivity contribution in [3.63, 3.8) is 0 Å². The Labute approximate surface area is 137 Å². The van der Waals surface area contributed by atoms with Gasteiger partial charge in [0.05, 0.1) is 0 Å². The first-order chi connectivity index (χ1) is 10.1. The van der Waals surface area contributed by atoms with E-state index in [9.17, 15) is 9.00 Å². The maximum atomic E-state index is 12.6. The van der Waals surface area contributed by atoms with E-state index < -0.39 is 10.8 Å². The summed E-state index contributed by atoms with van der Waals surface area (Å²) in [5.41, 5.74) is 0.652. The van der Waals surface area contributed by atoms with Gasteiger partial charge in [0.15, 0.2) is 21.4 Å². The molecule has 0 aliphatic carbocycles. The first-order valence-corrected chi connectivity index (χ1v) is 9.96. The van der Waals surface area contributed by atoms with E-state index in [2.05, 4.69) is 26.3 Å². The van der Waals surface area contributed by atoms with Crippen molar-refractivity contribution in [2.45, 2.75) is 24.0 Å². The van der Waals surface area contributed by atoms with E-state index in [0.29, 0.717) is 26.7 Å². The Morgan fingerprint density at radius 3 is 2.81 bits per heavy atom. The van der Waals surface area contributed by atoms with Crippen LogP contribution < -0.4 is 9.98 Å². The van der Waals surface area contributed by atoms with Gasteiger partial charge in [0.2, 0.25) is 5.56 Å². The molecule has 0 unspecified atom stereocenters. The standard InChI is InChI=1S/C13H14N3O2S2.Al/c1-19-13-14-8-9-2-3-11(17)16(12(9)15-13)10-4-6-20(18)7-5-10;/h2,8,10H,4-7H2,1H3;. The third-order valence-electron chi connectivity index (χ3n) is 3.68. The van der Waals surface area contributed by atoms with Gasteiger partial charge in [0.1, 0.15) is 5.65 Å². The molecule has 1 aliphatic rings. The molecule has 5 nitrogen and oxygen atoms in total. The lowest BCUT2D eigenvalue weighted by Gasteiger charge is -2.25. The van der Waals surface area contributed by atoms with Crippen molar-refractivity contribution in [1.82, 2.24) is 14.5 Å². The maximum Gasteiger partial charge on any atom is 0.236 e. The Bertz CT molecular complexity index is 768. The van der Waals surface area contributed by atoms with Crippen molar-refractivity contribution < 1.29 is 4.21 Å². The molecule has 0 bridgehead atoms. The Morgan fingerprint density at radius 1 is 1.43 bits per heavy atom. The van der Waals surface area contributed by atoms with E-state index in [1.165, 1.54) is 11.8 Å². The van der Waals surface area contributed by atoms with Gasteiger partial charge in [-0.2, -0.15) is 0 Å². The molecular weight excluding hydrogens is 321 g/mol. The lowest BCUT2D eigenvalue weighted by Crippen LogP contribution is -2.39. The second-order valence-corrected chi connectivity index (χ2v) is 8.08. The average molecular weight is 335 g/mol. The first kappa shape index (κ1) is 15.2. The summed E-state index contributed by atoms with van der Waals surface area (Å²) in [6.07, 6.45) is 5.19. The van der Waals surface area contributed by atoms with Crippen LogP contribution in [0.5, 0.6) is 0 Å². The number of aromatic nitrogens is 3. The smallest absolute Gasteiger partial charge is 0.236 e. The Hall–Kier alpha value is -0.678. The van der Waals surface area contributed by atoms with Gasteiger partial charge in [-0.3, -0.25) is 13.6 Å². The lowest BCUT2D eigenvalue weighted by molar-refractivity contribution is 0.461. The molecule has 2 radical (unpaired) electrons. The molecule has 0 saturated carbocycles. The molecular formula is C13H14AlN3O2S2. The highest BCUT2D eigenvalue weighted by Crippen LogP contribution is 2.24. The molecule has 0 spiro atoms. The van der Waals surface area contributed by atoms with Gasteiger partial charge in [0.25, 0.3) is 0 Å². The second-order valence-electron chi connectivity index (χ2n) is 4.99. The summed E-state index contributed by atoms with van der Waals surface area (Å²) in [6.45, 7) is 0. The van der Waals surface area contributed by atoms with Crippen LogP contribution in [-0.4, -0.2) is 52.8 Å². The van der Waals surface area contributed by atoms with Crippen molar-refractivity contribution in [2.75, 3.05) is 17.8 Å². The highest BCUT2D eigenvalue weighted by molar-refractivity contribution is 7.98. The topological polar surface area (TPSA) is 64.8 Å². The first-order valence-electron chi connectivity index (χ1n) is 6.67. The van der Waals surface area contributed by atoms with Gasteiger partial charge in [-0.1, -0.05) is 22.3 Å². The molecule has 3 heterocycles. The highest BCUT2D eigenvalue weighted by atomic mass is 32.2. The molecule has 0 N–H and O–H groups in total. The van der Waals surface area contributed by atoms with Gasteiger partial charge < -0.3 is 0 Å². The van der Waals surface area contributed by atoms with Crippen LogP contribution in [-0.2, 0) is 10.8 Å². The number of fused-ring (bicyclic) bond motifs is 1. The molecule has 0 amide bonds. The molecule has 3 rings (SSSR count). The third kappa shape index (κ3) is 2.95. The fourth-order valence-electron chi connectivity index (χ4n) is 2.60. The summed E-state index contributed by atoms with van der Waals surface area (Å²) in [6, 6.07) is 1.88. The van der Waals surface area contributed by atoms with Crippen LogP contribution >= 0.6 is 11.8 Å². The van der Waals surface area contributed by atoms with Crippen LogP contribution in [0.4, 0.5) is 0 Å². The second kappa shape index (κ2) is 6.21. The fourth-order valence-corrected chi connectivity index (χ4v) is 4.53. The number of hydrogen-bond acceptors (Lipinski definition) is 5. The third-order valence-corrected chi connectivity index (χ3v) is 6.04. The zero-order chi connectivity index (χ0) is 15.0. The van der Waals surface area contributed by atoms with Crippen molar-refractivity contribution >= 4 is 54.3 Å². The van der Waals surface area contributed by atoms with Gasteiger partial charge >= 0.3 is 0 Å². The lowest BCUT2D eigenvalue weighted by atomic mass is 10.1. The van der Waals surface area contributed by atoms with E-state index in [0.717, 1.165) is 18.2 Å². The molecule has 2 aromatic rings. The Kier molecular flexibility index (Phi) is 4.50. The number of pyridine rings is 1. The molecule has 2 aromatic heterocycles. The average Bonchev–Trinajstić information content (AvgIpc) is 2.49. The van der Waals surface area contributed by atoms with Crippen LogP contribution in [0, 0.1) is 0 Å². The van der Waals surface area contributed by atoms with Crippen molar-refractivity contribution in [2.24, 2.45) is 0 Å². The van der Waals surface area contributed by atoms with Crippen LogP contribution in [0.15, 0.2) is 22.2 Å². The molecule has 0 atom stereocenters. The number of thioether (sulfide) groups is 1. The SMILES string of the molecule is CSc1ncc2c[c]([Al])c(=O)n(C3CCS(=O)CC3)c2n1. The van der Waals surface area contributed by atoms with Gasteiger partial charge in [-0.05, 0) is 19.1 Å². The molecule has 1 saturated heterocycles. The minimum absolute atomic E-state index is 0.0315. The quantitative estimate of drug-likeness (QED) is 0.451. The normalized spacial score (nSPS) is 22.5. The molecule has 21 heavy (non-hydrogen) atoms. The predicted molar refractivity (Wildman–Crippen MR) is 87.1 cm³/mol. The maximum absolute atomic E-state index is 12.6. The van der Waals surface area contributed by atoms with Crippen molar-refractivity contribution in [3.8, 4) is 0 Å². The zero-order valence-corrected chi connectivity index (χ0v) is 14.4. The number of nitrogens with zero attached hydrogens (tertiary/aromatic N) is 3. The molecule has 108 valence electrons. The van der Waals surface area contributed by atoms with E-state index in [1.807, 2.05) is 12.3 Å². The minimum atomic E-state index is -0.744. The summed E-state index contributed by atoms with van der Waals surface area (Å²) < 4.78 is 13.9. The van der Waals surface area contributed by atoms with E-state index in [-0.39, 0.29) is 11.6 Å². The monoisotopic (exact) mass is 335 g/mol. The van der Waals surface area contributed by atoms with Crippen molar-refractivity contribution in [3.05, 3.63) is 22.6 Å². The molecule has 1 aliphatic heterocycles. The summed E-state index contributed by atoms with van der Waals surface area (Å²) in [4.78, 5) is 21.4. The molecule has 1 fully saturated rings. The van der Waals surface area contributed by atoms with Gasteiger partial charge in [-0.15, -0.1) is 0 Å². The zero-order valence-electron chi connectivity index (χ0n) is 11.6. The van der Waals surface area contributed by atoms with Gasteiger partial charge in [-0.25, -0.2) is 9.97 Å². The van der Waals surface area contributed by atoms with Crippen molar-refractivity contribution in [1.29, 1.82) is 0 Å². The summed E-state index contributed by atoms with van der Waals surface area (Å²) >= 11 is 3.95. The van der Waals surface area contributed by atoms with E-state index in [1.54, 1.807) is 10.8 Å². The van der Waals surface area contributed by atoms with Crippen LogP contribution in [0.1, 0.15) is 18.9 Å². The fraction of sp³-hybridized carbons (Fsp3) is 0.462. The highest BCUT2D eigenvalue weighted by Gasteiger charge is 2.23. The minimum Gasteiger partial charge on any atom is -0.291 e. The number of rotatable bonds is 2. The Balaban J connectivity index is 2.20. The van der Waals surface area contributed by atoms with Crippen LogP contribution in [0.3, 0.4) is 0 Å². The summed E-state index contributed by atoms with van der Waals surface area (Å²) in [5.74, 6) is 1.31. The molecule has 8 heteroatoms.